The average molecular weight is 379 g/mol. The van der Waals surface area contributed by atoms with Crippen LogP contribution in [0.2, 0.25) is 0 Å². The molecule has 0 aliphatic carbocycles. The minimum atomic E-state index is -3.54. The van der Waals surface area contributed by atoms with Crippen molar-refractivity contribution in [1.29, 1.82) is 0 Å². The summed E-state index contributed by atoms with van der Waals surface area (Å²) in [5.74, 6) is -0.212. The van der Waals surface area contributed by atoms with Gasteiger partial charge in [-0.25, -0.2) is 12.7 Å². The Bertz CT molecular complexity index is 901. The fourth-order valence-corrected chi connectivity index (χ4v) is 3.58. The second-order valence-electron chi connectivity index (χ2n) is 6.04. The number of carbonyl (C=O) groups is 1. The number of aromatic nitrogens is 1. The summed E-state index contributed by atoms with van der Waals surface area (Å²) in [5.41, 5.74) is 1.25. The molecule has 0 bridgehead atoms. The number of carbonyl (C=O) groups excluding carboxylic acids is 1. The molecule has 0 aliphatic rings. The number of nitrogens with one attached hydrogen (secondary N) is 1. The maximum absolute atomic E-state index is 12.5. The van der Waals surface area contributed by atoms with Crippen LogP contribution in [0, 0.1) is 0 Å². The Morgan fingerprint density at radius 3 is 2.69 bits per heavy atom. The summed E-state index contributed by atoms with van der Waals surface area (Å²) in [7, 11) is 1.05. The second kappa shape index (κ2) is 8.48. The molecule has 7 nitrogen and oxygen atoms in total. The summed E-state index contributed by atoms with van der Waals surface area (Å²) in [4.78, 5) is 12.7. The summed E-state index contributed by atoms with van der Waals surface area (Å²) < 4.78 is 32.6. The van der Waals surface area contributed by atoms with Crippen molar-refractivity contribution in [2.45, 2.75) is 17.9 Å². The molecule has 2 aromatic rings. The van der Waals surface area contributed by atoms with Gasteiger partial charge in [-0.05, 0) is 30.7 Å². The van der Waals surface area contributed by atoms with Crippen molar-refractivity contribution in [2.24, 2.45) is 0 Å². The Morgan fingerprint density at radius 1 is 1.35 bits per heavy atom. The Kier molecular flexibility index (Phi) is 6.57. The van der Waals surface area contributed by atoms with Crippen molar-refractivity contribution >= 4 is 26.8 Å². The zero-order valence-corrected chi connectivity index (χ0v) is 16.2. The molecule has 8 heteroatoms. The minimum Gasteiger partial charge on any atom is -0.385 e. The Balaban J connectivity index is 2.42. The molecule has 2 rings (SSSR count). The Morgan fingerprint density at radius 2 is 2.08 bits per heavy atom. The van der Waals surface area contributed by atoms with E-state index in [1.165, 1.54) is 18.4 Å². The summed E-state index contributed by atoms with van der Waals surface area (Å²) in [6.07, 6.45) is 2.42. The van der Waals surface area contributed by atoms with Gasteiger partial charge in [-0.3, -0.25) is 4.79 Å². The first-order chi connectivity index (χ1) is 12.3. The number of benzene rings is 1. The molecule has 0 aliphatic heterocycles. The van der Waals surface area contributed by atoms with Crippen LogP contribution in [0.4, 0.5) is 0 Å². The maximum Gasteiger partial charge on any atom is 0.267 e. The monoisotopic (exact) mass is 379 g/mol. The lowest BCUT2D eigenvalue weighted by Gasteiger charge is -2.12. The molecule has 1 aromatic carbocycles. The fourth-order valence-electron chi connectivity index (χ4n) is 2.64. The highest BCUT2D eigenvalue weighted by molar-refractivity contribution is 7.89. The summed E-state index contributed by atoms with van der Waals surface area (Å²) in [5, 5.41) is 3.55. The zero-order valence-electron chi connectivity index (χ0n) is 15.4. The average Bonchev–Trinajstić information content (AvgIpc) is 2.97. The van der Waals surface area contributed by atoms with E-state index >= 15 is 0 Å². The molecule has 26 heavy (non-hydrogen) atoms. The smallest absolute Gasteiger partial charge is 0.267 e. The molecule has 0 saturated heterocycles. The first-order valence-corrected chi connectivity index (χ1v) is 9.70. The molecule has 0 fully saturated rings. The van der Waals surface area contributed by atoms with Crippen LogP contribution >= 0.6 is 0 Å². The molecule has 0 unspecified atom stereocenters. The number of methoxy groups -OCH3 is 1. The number of fused-ring (bicyclic) bond motifs is 1. The van der Waals surface area contributed by atoms with E-state index in [4.69, 9.17) is 4.74 Å². The number of nitrogens with zero attached hydrogens (tertiary/aromatic N) is 2. The predicted octanol–water partition coefficient (Wildman–Crippen LogP) is 1.84. The van der Waals surface area contributed by atoms with E-state index in [1.54, 1.807) is 37.5 Å². The third-order valence-corrected chi connectivity index (χ3v) is 5.82. The first kappa shape index (κ1) is 20.2. The normalized spacial score (nSPS) is 11.8. The van der Waals surface area contributed by atoms with E-state index in [9.17, 15) is 13.2 Å². The Labute approximate surface area is 154 Å². The van der Waals surface area contributed by atoms with Gasteiger partial charge in [0.25, 0.3) is 5.91 Å². The molecular weight excluding hydrogens is 354 g/mol. The molecule has 0 atom stereocenters. The van der Waals surface area contributed by atoms with Crippen LogP contribution in [0.15, 0.2) is 41.8 Å². The SMILES string of the molecule is C=CCn1c(C(=O)NCCCOC)cc2cc(S(=O)(=O)N(C)C)ccc21. The van der Waals surface area contributed by atoms with Crippen molar-refractivity contribution in [3.8, 4) is 0 Å². The van der Waals surface area contributed by atoms with E-state index in [0.717, 1.165) is 11.9 Å². The van der Waals surface area contributed by atoms with E-state index in [0.29, 0.717) is 30.8 Å². The van der Waals surface area contributed by atoms with Crippen molar-refractivity contribution < 1.29 is 17.9 Å². The number of hydrogen-bond acceptors (Lipinski definition) is 4. The summed E-state index contributed by atoms with van der Waals surface area (Å²) in [6, 6.07) is 6.57. The van der Waals surface area contributed by atoms with Crippen LogP contribution < -0.4 is 5.32 Å². The number of amides is 1. The first-order valence-electron chi connectivity index (χ1n) is 8.26. The molecule has 1 amide bonds. The van der Waals surface area contributed by atoms with Gasteiger partial charge in [-0.2, -0.15) is 0 Å². The molecule has 0 radical (unpaired) electrons. The van der Waals surface area contributed by atoms with Crippen LogP contribution in [-0.2, 0) is 21.3 Å². The van der Waals surface area contributed by atoms with Gasteiger partial charge >= 0.3 is 0 Å². The number of ether oxygens (including phenoxy) is 1. The number of sulfonamides is 1. The van der Waals surface area contributed by atoms with Gasteiger partial charge in [0, 0.05) is 51.8 Å². The topological polar surface area (TPSA) is 80.6 Å². The quantitative estimate of drug-likeness (QED) is 0.533. The molecule has 142 valence electrons. The molecular formula is C18H25N3O4S. The summed E-state index contributed by atoms with van der Waals surface area (Å²) >= 11 is 0. The minimum absolute atomic E-state index is 0.192. The number of rotatable bonds is 9. The van der Waals surface area contributed by atoms with Crippen molar-refractivity contribution in [3.63, 3.8) is 0 Å². The van der Waals surface area contributed by atoms with Crippen molar-refractivity contribution in [1.82, 2.24) is 14.2 Å². The van der Waals surface area contributed by atoms with Gasteiger partial charge in [0.15, 0.2) is 0 Å². The van der Waals surface area contributed by atoms with Crippen LogP contribution in [0.5, 0.6) is 0 Å². The van der Waals surface area contributed by atoms with Crippen LogP contribution in [-0.4, -0.2) is 57.6 Å². The van der Waals surface area contributed by atoms with Gasteiger partial charge in [0.2, 0.25) is 10.0 Å². The predicted molar refractivity (Wildman–Crippen MR) is 102 cm³/mol. The second-order valence-corrected chi connectivity index (χ2v) is 8.19. The molecule has 0 spiro atoms. The summed E-state index contributed by atoms with van der Waals surface area (Å²) in [6.45, 7) is 5.26. The van der Waals surface area contributed by atoms with Gasteiger partial charge in [-0.15, -0.1) is 6.58 Å². The van der Waals surface area contributed by atoms with E-state index < -0.39 is 10.0 Å². The molecule has 1 aromatic heterocycles. The largest absolute Gasteiger partial charge is 0.385 e. The highest BCUT2D eigenvalue weighted by Crippen LogP contribution is 2.25. The molecule has 1 N–H and O–H groups in total. The highest BCUT2D eigenvalue weighted by Gasteiger charge is 2.20. The number of hydrogen-bond donors (Lipinski definition) is 1. The number of allylic oxidation sites excluding steroid dienone is 1. The van der Waals surface area contributed by atoms with Crippen molar-refractivity contribution in [2.75, 3.05) is 34.4 Å². The maximum atomic E-state index is 12.5. The van der Waals surface area contributed by atoms with Gasteiger partial charge in [0.1, 0.15) is 5.69 Å². The third-order valence-electron chi connectivity index (χ3n) is 4.01. The van der Waals surface area contributed by atoms with Gasteiger partial charge < -0.3 is 14.6 Å². The lowest BCUT2D eigenvalue weighted by atomic mass is 10.2. The van der Waals surface area contributed by atoms with Crippen LogP contribution in [0.25, 0.3) is 10.9 Å². The fraction of sp³-hybridized carbons (Fsp3) is 0.389. The van der Waals surface area contributed by atoms with Gasteiger partial charge in [0.05, 0.1) is 4.90 Å². The van der Waals surface area contributed by atoms with Crippen LogP contribution in [0.1, 0.15) is 16.9 Å². The van der Waals surface area contributed by atoms with Crippen LogP contribution in [0.3, 0.4) is 0 Å². The lowest BCUT2D eigenvalue weighted by molar-refractivity contribution is 0.0940. The molecule has 0 saturated carbocycles. The zero-order chi connectivity index (χ0) is 19.3. The van der Waals surface area contributed by atoms with E-state index in [2.05, 4.69) is 11.9 Å². The molecule has 1 heterocycles. The third kappa shape index (κ3) is 4.14. The highest BCUT2D eigenvalue weighted by atomic mass is 32.2. The van der Waals surface area contributed by atoms with E-state index in [1.807, 2.05) is 4.57 Å². The lowest BCUT2D eigenvalue weighted by Crippen LogP contribution is -2.27. The Hall–Kier alpha value is -2.16. The van der Waals surface area contributed by atoms with Gasteiger partial charge in [-0.1, -0.05) is 6.08 Å². The van der Waals surface area contributed by atoms with E-state index in [-0.39, 0.29) is 10.8 Å². The standard InChI is InChI=1S/C18H25N3O4S/c1-5-10-21-16-8-7-15(26(23,24)20(2)3)12-14(16)13-17(21)18(22)19-9-6-11-25-4/h5,7-8,12-13H,1,6,9-11H2,2-4H3,(H,19,22). The van der Waals surface area contributed by atoms with Crippen molar-refractivity contribution in [3.05, 3.63) is 42.6 Å².